The molecule has 12 heterocycles. The normalized spacial score (nSPS) is 58.0. The molecule has 12 aliphatic heterocycles. The van der Waals surface area contributed by atoms with Gasteiger partial charge in [-0.15, -0.1) is 0 Å². The Labute approximate surface area is 691 Å². The zero-order valence-corrected chi connectivity index (χ0v) is 67.7. The minimum Gasteiger partial charge on any atom is -0.388 e. The molecule has 0 radical (unpaired) electrons. The van der Waals surface area contributed by atoms with Crippen molar-refractivity contribution in [2.45, 2.75) is 452 Å². The summed E-state index contributed by atoms with van der Waals surface area (Å²) in [6.45, 7) is 15.8. The summed E-state index contributed by atoms with van der Waals surface area (Å²) in [6, 6.07) is 0. The van der Waals surface area contributed by atoms with E-state index >= 15 is 0 Å². The standard InChI is InChI=1S/C72H122O49/c1-13-25(73)37(85)42(90)62(100-13)111-51-31(79)19(7)101-63(44(51)92)112-52-32(80)20(8)102-64(45(52)93)113-53-33(81)22(10)105-67(47(53)95)120-59-40(88)28(76)17(5)110-72(59)121-60-41(89)29(77)16(4)109-71(60)117-55-35(83)23(11)103-65(48(55)96)114-54-34(82)21(9)104-66(46(54)94)119-58-39(87)27(75)15(3)108-70(58)116-56-36(84)24(12)106-68(49(56)97)118-57-38(86)26(74)14(2)107-69(57)115-50-30(78)18(6)99-61(98)43(50)91/h13-98H,1-12H3/t13-,14-,15-,16-,17-,18-,19-,20-,21-,22-,23-,24-,25-,26-,27-,28-,29-,30-,31-,32-,33-,34-,35-,36-,37+,38+,39+,40+,41+,42+,43+,44+,45+,46+,47+,48+,49+,50+,51+,52+,53+,54+,55+,56+,57+,58+,59+,60+,61?,62-,63-,64-,65-,66-,67-,68-,69-,70-,71-,72-/m0/s1. The molecule has 12 aliphatic rings. The van der Waals surface area contributed by atoms with Gasteiger partial charge in [-0.1, -0.05) is 0 Å². The topological polar surface area (TPSA) is 738 Å². The Balaban J connectivity index is 0.712. The second-order valence-corrected chi connectivity index (χ2v) is 33.4. The van der Waals surface area contributed by atoms with Crippen molar-refractivity contribution in [3.05, 3.63) is 0 Å². The van der Waals surface area contributed by atoms with Crippen LogP contribution in [-0.4, -0.2) is 501 Å². The molecule has 12 saturated heterocycles. The molecule has 60 atom stereocenters. The van der Waals surface area contributed by atoms with Crippen molar-refractivity contribution in [2.24, 2.45) is 0 Å². The average Bonchev–Trinajstić information content (AvgIpc) is 0.771. The number of rotatable bonds is 22. The van der Waals surface area contributed by atoms with Crippen LogP contribution < -0.4 is 0 Å². The van der Waals surface area contributed by atoms with Crippen LogP contribution in [0.1, 0.15) is 83.1 Å². The molecule has 0 aliphatic carbocycles. The number of hydrogen-bond donors (Lipinski definition) is 26. The minimum atomic E-state index is -2.22. The average molecular weight is 1770 g/mol. The van der Waals surface area contributed by atoms with Gasteiger partial charge in [-0.3, -0.25) is 0 Å². The van der Waals surface area contributed by atoms with Gasteiger partial charge in [-0.2, -0.15) is 0 Å². The summed E-state index contributed by atoms with van der Waals surface area (Å²) in [5, 5.41) is 296. The maximum atomic E-state index is 12.2. The van der Waals surface area contributed by atoms with Gasteiger partial charge >= 0.3 is 0 Å². The van der Waals surface area contributed by atoms with Crippen LogP contribution in [0.4, 0.5) is 0 Å². The number of hydrogen-bond acceptors (Lipinski definition) is 49. The van der Waals surface area contributed by atoms with Crippen molar-refractivity contribution < 1.29 is 242 Å². The SMILES string of the molecule is C[C@@H]1O[C@@H](O[C@@H]2[C@@H](O)[C@H](C)O[C@@H](O[C@@H]3[C@@H](O)[C@H](C)O[C@@H](O[C@@H]4[C@@H](O)[C@H](C)O[C@@H](O[C@H]5[C@H](O[C@H]6[C@H](O[C@@H]7[C@@H](O)[C@H](C)O[C@@H](O[C@@H]8[C@@H](O)[C@H](C)O[C@@H](O[C@H]9[C@H](O[C@@H]%10[C@@H](O)[C@H](C)O[C@@H](O[C@H]%11[C@H](O[C@@H]%12[C@@H](O)[C@H](C)OC(O)[C@@H]%12O)O[C@@H](C)[C@H](O)[C@H]%11O)[C@@H]%10O)O[C@@H](C)[C@H](O)[C@H]9O)[C@@H]8O)[C@@H]7O)O[C@@H](C)[C@H](O)[C@H]6O)O[C@@H](C)[C@H](O)[C@H]5O)[C@@H]4O)[C@@H]3O)[C@@H]2O)[C@H](O)[C@H](O)[C@H]1O. The predicted octanol–water partition coefficient (Wildman–Crippen LogP) is -14.8. The van der Waals surface area contributed by atoms with Gasteiger partial charge in [0.25, 0.3) is 0 Å². The highest BCUT2D eigenvalue weighted by atomic mass is 16.8. The van der Waals surface area contributed by atoms with Gasteiger partial charge in [-0.25, -0.2) is 0 Å². The molecule has 0 spiro atoms. The van der Waals surface area contributed by atoms with Crippen LogP contribution in [0.3, 0.4) is 0 Å². The largest absolute Gasteiger partial charge is 0.388 e. The first-order valence-corrected chi connectivity index (χ1v) is 40.5. The van der Waals surface area contributed by atoms with E-state index in [1.165, 1.54) is 83.1 Å². The molecule has 1 unspecified atom stereocenters. The molecular formula is C72H122O49. The van der Waals surface area contributed by atoms with Crippen LogP contribution in [0.2, 0.25) is 0 Å². The third kappa shape index (κ3) is 20.0. The first kappa shape index (κ1) is 98.1. The van der Waals surface area contributed by atoms with E-state index < -0.39 is 368 Å². The first-order chi connectivity index (χ1) is 56.7. The smallest absolute Gasteiger partial charge is 0.187 e. The fourth-order valence-electron chi connectivity index (χ4n) is 16.7. The lowest BCUT2D eigenvalue weighted by Crippen LogP contribution is -2.68. The summed E-state index contributed by atoms with van der Waals surface area (Å²) >= 11 is 0. The van der Waals surface area contributed by atoms with E-state index in [2.05, 4.69) is 0 Å². The van der Waals surface area contributed by atoms with E-state index in [1.807, 2.05) is 0 Å². The third-order valence-corrected chi connectivity index (χ3v) is 24.6. The molecule has 704 valence electrons. The molecular weight excluding hydrogens is 1650 g/mol. The number of aliphatic hydroxyl groups excluding tert-OH is 26. The summed E-state index contributed by atoms with van der Waals surface area (Å²) < 4.78 is 136. The number of aliphatic hydroxyl groups is 26. The van der Waals surface area contributed by atoms with Gasteiger partial charge in [0, 0.05) is 0 Å². The Morgan fingerprint density at radius 2 is 0.248 bits per heavy atom. The molecule has 49 heteroatoms. The van der Waals surface area contributed by atoms with E-state index in [4.69, 9.17) is 109 Å². The maximum absolute atomic E-state index is 12.2. The molecule has 49 nitrogen and oxygen atoms in total. The summed E-state index contributed by atoms with van der Waals surface area (Å²) in [4.78, 5) is 0. The Bertz CT molecular complexity index is 3220. The summed E-state index contributed by atoms with van der Waals surface area (Å²) in [7, 11) is 0. The molecule has 12 fully saturated rings. The lowest BCUT2D eigenvalue weighted by atomic mass is 9.95. The minimum absolute atomic E-state index is 1.10. The monoisotopic (exact) mass is 1770 g/mol. The lowest BCUT2D eigenvalue weighted by molar-refractivity contribution is -0.410. The molecule has 0 aromatic carbocycles. The lowest BCUT2D eigenvalue weighted by Gasteiger charge is -2.50. The second kappa shape index (κ2) is 40.0. The second-order valence-electron chi connectivity index (χ2n) is 33.4. The Kier molecular flexibility index (Phi) is 32.4. The highest BCUT2D eigenvalue weighted by Gasteiger charge is 2.62. The zero-order chi connectivity index (χ0) is 88.9. The quantitative estimate of drug-likeness (QED) is 0.0479. The fraction of sp³-hybridized carbons (Fsp3) is 1.00. The van der Waals surface area contributed by atoms with Crippen LogP contribution in [0.15, 0.2) is 0 Å². The Hall–Kier alpha value is -1.96. The summed E-state index contributed by atoms with van der Waals surface area (Å²) in [6.07, 6.45) is -108. The van der Waals surface area contributed by atoms with Gasteiger partial charge in [0.15, 0.2) is 75.5 Å². The van der Waals surface area contributed by atoms with Gasteiger partial charge in [0.2, 0.25) is 0 Å². The van der Waals surface area contributed by atoms with Crippen molar-refractivity contribution in [3.8, 4) is 0 Å². The van der Waals surface area contributed by atoms with E-state index in [0.29, 0.717) is 0 Å². The van der Waals surface area contributed by atoms with Crippen molar-refractivity contribution in [1.82, 2.24) is 0 Å². The van der Waals surface area contributed by atoms with Crippen LogP contribution in [0.5, 0.6) is 0 Å². The fourth-order valence-corrected chi connectivity index (χ4v) is 16.7. The Morgan fingerprint density at radius 3 is 0.455 bits per heavy atom. The zero-order valence-electron chi connectivity index (χ0n) is 67.7. The molecule has 121 heavy (non-hydrogen) atoms. The third-order valence-electron chi connectivity index (χ3n) is 24.6. The number of ether oxygens (including phenoxy) is 23. The van der Waals surface area contributed by atoms with Crippen molar-refractivity contribution >= 4 is 0 Å². The van der Waals surface area contributed by atoms with Gasteiger partial charge in [0.05, 0.1) is 73.2 Å². The predicted molar refractivity (Wildman–Crippen MR) is 378 cm³/mol. The van der Waals surface area contributed by atoms with Crippen LogP contribution >= 0.6 is 0 Å². The molecule has 0 bridgehead atoms. The van der Waals surface area contributed by atoms with Crippen LogP contribution in [-0.2, 0) is 109 Å². The molecule has 12 rings (SSSR count). The van der Waals surface area contributed by atoms with E-state index in [1.54, 1.807) is 0 Å². The van der Waals surface area contributed by atoms with Crippen LogP contribution in [0, 0.1) is 0 Å². The van der Waals surface area contributed by atoms with Gasteiger partial charge in [0.1, 0.15) is 220 Å². The van der Waals surface area contributed by atoms with Crippen molar-refractivity contribution in [1.29, 1.82) is 0 Å². The van der Waals surface area contributed by atoms with Crippen LogP contribution in [0.25, 0.3) is 0 Å². The highest BCUT2D eigenvalue weighted by Crippen LogP contribution is 2.43. The maximum Gasteiger partial charge on any atom is 0.187 e. The first-order valence-electron chi connectivity index (χ1n) is 40.5. The summed E-state index contributed by atoms with van der Waals surface area (Å²) in [5.41, 5.74) is 0. The van der Waals surface area contributed by atoms with E-state index in [9.17, 15) is 133 Å². The molecule has 0 amide bonds. The highest BCUT2D eigenvalue weighted by molar-refractivity contribution is 5.04. The van der Waals surface area contributed by atoms with Gasteiger partial charge in [-0.05, 0) is 83.1 Å². The van der Waals surface area contributed by atoms with Crippen molar-refractivity contribution in [3.63, 3.8) is 0 Å². The van der Waals surface area contributed by atoms with E-state index in [-0.39, 0.29) is 0 Å². The molecule has 0 aromatic heterocycles. The molecule has 0 aromatic rings. The van der Waals surface area contributed by atoms with Crippen molar-refractivity contribution in [2.75, 3.05) is 0 Å². The summed E-state index contributed by atoms with van der Waals surface area (Å²) in [5.74, 6) is 0. The molecule has 26 N–H and O–H groups in total. The molecule has 0 saturated carbocycles. The van der Waals surface area contributed by atoms with Gasteiger partial charge < -0.3 is 242 Å². The Morgan fingerprint density at radius 1 is 0.116 bits per heavy atom. The van der Waals surface area contributed by atoms with E-state index in [0.717, 1.165) is 0 Å².